The lowest BCUT2D eigenvalue weighted by Crippen LogP contribution is -1.92. The fraction of sp³-hybridized carbons (Fsp3) is 0.800. The lowest BCUT2D eigenvalue weighted by Gasteiger charge is -2.06. The molecule has 0 spiro atoms. The van der Waals surface area contributed by atoms with E-state index < -0.39 is 0 Å². The van der Waals surface area contributed by atoms with Crippen molar-refractivity contribution in [1.82, 2.24) is 0 Å². The minimum absolute atomic E-state index is 1.01. The number of rotatable bonds is 4. The van der Waals surface area contributed by atoms with Gasteiger partial charge in [0.05, 0.1) is 0 Å². The predicted octanol–water partition coefficient (Wildman–Crippen LogP) is 3.53. The third-order valence-corrected chi connectivity index (χ3v) is 2.32. The quantitative estimate of drug-likeness (QED) is 0.412. The molecule has 0 nitrogen and oxygen atoms in total. The first-order valence-electron chi connectivity index (χ1n) is 4.58. The van der Waals surface area contributed by atoms with Gasteiger partial charge in [0.15, 0.2) is 0 Å². The van der Waals surface area contributed by atoms with Crippen LogP contribution in [0, 0.1) is 5.92 Å². The van der Waals surface area contributed by atoms with E-state index in [0.29, 0.717) is 0 Å². The molecule has 0 N–H and O–H groups in total. The lowest BCUT2D eigenvalue weighted by molar-refractivity contribution is 0.485. The van der Waals surface area contributed by atoms with E-state index in [1.807, 2.05) is 0 Å². The largest absolute Gasteiger partial charge is 0.0882 e. The highest BCUT2D eigenvalue weighted by atomic mass is 14.1. The lowest BCUT2D eigenvalue weighted by atomic mass is 9.99. The van der Waals surface area contributed by atoms with Crippen LogP contribution in [0.1, 0.15) is 45.4 Å². The molecule has 0 unspecified atom stereocenters. The van der Waals surface area contributed by atoms with Crippen molar-refractivity contribution in [2.45, 2.75) is 45.4 Å². The van der Waals surface area contributed by atoms with Gasteiger partial charge in [-0.1, -0.05) is 38.3 Å². The molecule has 0 aromatic heterocycles. The van der Waals surface area contributed by atoms with E-state index in [1.54, 1.807) is 0 Å². The maximum atomic E-state index is 2.33. The highest BCUT2D eigenvalue weighted by molar-refractivity contribution is 4.93. The fourth-order valence-corrected chi connectivity index (χ4v) is 1.59. The van der Waals surface area contributed by atoms with E-state index in [1.165, 1.54) is 38.5 Å². The minimum atomic E-state index is 1.01. The monoisotopic (exact) mass is 138 g/mol. The zero-order chi connectivity index (χ0) is 7.23. The average molecular weight is 138 g/mol. The Morgan fingerprint density at radius 3 is 2.50 bits per heavy atom. The molecule has 0 bridgehead atoms. The van der Waals surface area contributed by atoms with Crippen LogP contribution in [0.2, 0.25) is 0 Å². The van der Waals surface area contributed by atoms with Gasteiger partial charge >= 0.3 is 0 Å². The van der Waals surface area contributed by atoms with Crippen molar-refractivity contribution in [3.05, 3.63) is 12.2 Å². The highest BCUT2D eigenvalue weighted by Gasteiger charge is 2.08. The predicted molar refractivity (Wildman–Crippen MR) is 46.0 cm³/mol. The topological polar surface area (TPSA) is 0 Å². The fourth-order valence-electron chi connectivity index (χ4n) is 1.59. The molecular formula is C10H18. The average Bonchev–Trinajstić information content (AvgIpc) is 2.41. The van der Waals surface area contributed by atoms with Crippen LogP contribution >= 0.6 is 0 Å². The summed E-state index contributed by atoms with van der Waals surface area (Å²) in [6.45, 7) is 2.27. The summed E-state index contributed by atoms with van der Waals surface area (Å²) >= 11 is 0. The summed E-state index contributed by atoms with van der Waals surface area (Å²) in [5.74, 6) is 1.01. The van der Waals surface area contributed by atoms with Crippen molar-refractivity contribution in [2.75, 3.05) is 0 Å². The van der Waals surface area contributed by atoms with Gasteiger partial charge in [-0.05, 0) is 25.2 Å². The molecule has 0 radical (unpaired) electrons. The zero-order valence-electron chi connectivity index (χ0n) is 6.97. The summed E-state index contributed by atoms with van der Waals surface area (Å²) in [6.07, 6.45) is 13.1. The first-order chi connectivity index (χ1) is 4.93. The molecule has 0 amide bonds. The second-order valence-electron chi connectivity index (χ2n) is 3.30. The molecule has 0 fully saturated rings. The normalized spacial score (nSPS) is 18.5. The molecule has 1 aliphatic rings. The van der Waals surface area contributed by atoms with Crippen LogP contribution in [0.5, 0.6) is 0 Å². The van der Waals surface area contributed by atoms with Crippen LogP contribution in [0.25, 0.3) is 0 Å². The summed E-state index contributed by atoms with van der Waals surface area (Å²) in [5.41, 5.74) is 0. The molecule has 1 aliphatic carbocycles. The first-order valence-corrected chi connectivity index (χ1v) is 4.58. The van der Waals surface area contributed by atoms with Gasteiger partial charge < -0.3 is 0 Å². The van der Waals surface area contributed by atoms with Gasteiger partial charge in [0, 0.05) is 0 Å². The van der Waals surface area contributed by atoms with E-state index in [0.717, 1.165) is 5.92 Å². The van der Waals surface area contributed by atoms with E-state index in [-0.39, 0.29) is 0 Å². The van der Waals surface area contributed by atoms with Crippen molar-refractivity contribution in [3.63, 3.8) is 0 Å². The summed E-state index contributed by atoms with van der Waals surface area (Å²) in [6, 6.07) is 0. The van der Waals surface area contributed by atoms with Gasteiger partial charge in [-0.15, -0.1) is 0 Å². The van der Waals surface area contributed by atoms with Gasteiger partial charge in [-0.25, -0.2) is 0 Å². The van der Waals surface area contributed by atoms with Crippen LogP contribution in [0.4, 0.5) is 0 Å². The molecule has 0 saturated carbocycles. The molecule has 0 aromatic rings. The van der Waals surface area contributed by atoms with Gasteiger partial charge in [0.2, 0.25) is 0 Å². The molecule has 0 saturated heterocycles. The summed E-state index contributed by atoms with van der Waals surface area (Å²) in [5, 5.41) is 0. The summed E-state index contributed by atoms with van der Waals surface area (Å²) in [4.78, 5) is 0. The van der Waals surface area contributed by atoms with Crippen molar-refractivity contribution in [2.24, 2.45) is 5.92 Å². The molecular weight excluding hydrogens is 120 g/mol. The van der Waals surface area contributed by atoms with Gasteiger partial charge in [-0.2, -0.15) is 0 Å². The third kappa shape index (κ3) is 2.55. The molecule has 0 heterocycles. The summed E-state index contributed by atoms with van der Waals surface area (Å²) < 4.78 is 0. The second kappa shape index (κ2) is 4.54. The van der Waals surface area contributed by atoms with Crippen LogP contribution in [0.3, 0.4) is 0 Å². The number of hydrogen-bond donors (Lipinski definition) is 0. The smallest absolute Gasteiger partial charge is 0.0319 e. The Balaban J connectivity index is 1.93. The Labute approximate surface area is 64.3 Å². The van der Waals surface area contributed by atoms with E-state index >= 15 is 0 Å². The zero-order valence-corrected chi connectivity index (χ0v) is 6.97. The maximum Gasteiger partial charge on any atom is -0.0319 e. The SMILES string of the molecule is CCCCCC1CC=CC1. The third-order valence-electron chi connectivity index (χ3n) is 2.32. The van der Waals surface area contributed by atoms with Crippen LogP contribution in [0.15, 0.2) is 12.2 Å². The van der Waals surface area contributed by atoms with Crippen molar-refractivity contribution in [3.8, 4) is 0 Å². The molecule has 0 aromatic carbocycles. The number of hydrogen-bond acceptors (Lipinski definition) is 0. The Morgan fingerprint density at radius 1 is 1.20 bits per heavy atom. The van der Waals surface area contributed by atoms with E-state index in [2.05, 4.69) is 19.1 Å². The molecule has 0 atom stereocenters. The Bertz CT molecular complexity index is 94.6. The molecule has 0 aliphatic heterocycles. The van der Waals surface area contributed by atoms with E-state index in [9.17, 15) is 0 Å². The van der Waals surface area contributed by atoms with Crippen molar-refractivity contribution >= 4 is 0 Å². The van der Waals surface area contributed by atoms with Gasteiger partial charge in [-0.3, -0.25) is 0 Å². The second-order valence-corrected chi connectivity index (χ2v) is 3.30. The highest BCUT2D eigenvalue weighted by Crippen LogP contribution is 2.23. The van der Waals surface area contributed by atoms with Gasteiger partial charge in [0.25, 0.3) is 0 Å². The number of unbranched alkanes of at least 4 members (excludes halogenated alkanes) is 2. The Kier molecular flexibility index (Phi) is 3.56. The Hall–Kier alpha value is -0.260. The van der Waals surface area contributed by atoms with E-state index in [4.69, 9.17) is 0 Å². The molecule has 58 valence electrons. The number of allylic oxidation sites excluding steroid dienone is 2. The van der Waals surface area contributed by atoms with Crippen LogP contribution in [-0.2, 0) is 0 Å². The van der Waals surface area contributed by atoms with Gasteiger partial charge in [0.1, 0.15) is 0 Å². The minimum Gasteiger partial charge on any atom is -0.0882 e. The van der Waals surface area contributed by atoms with Crippen molar-refractivity contribution < 1.29 is 0 Å². The van der Waals surface area contributed by atoms with Crippen molar-refractivity contribution in [1.29, 1.82) is 0 Å². The maximum absolute atomic E-state index is 2.33. The summed E-state index contributed by atoms with van der Waals surface area (Å²) in [7, 11) is 0. The molecule has 1 rings (SSSR count). The first kappa shape index (κ1) is 7.84. The molecule has 10 heavy (non-hydrogen) atoms. The Morgan fingerprint density at radius 2 is 1.90 bits per heavy atom. The molecule has 0 heteroatoms. The van der Waals surface area contributed by atoms with Crippen LogP contribution in [-0.4, -0.2) is 0 Å². The standard InChI is InChI=1S/C10H18/c1-2-3-4-7-10-8-5-6-9-10/h5-6,10H,2-4,7-9H2,1H3. The van der Waals surface area contributed by atoms with Crippen LogP contribution < -0.4 is 0 Å².